The minimum absolute atomic E-state index is 0.186. The van der Waals surface area contributed by atoms with Gasteiger partial charge in [-0.1, -0.05) is 6.07 Å². The highest BCUT2D eigenvalue weighted by Gasteiger charge is 2.21. The third-order valence-corrected chi connectivity index (χ3v) is 5.06. The molecule has 0 unspecified atom stereocenters. The summed E-state index contributed by atoms with van der Waals surface area (Å²) in [4.78, 5) is 17.7. The van der Waals surface area contributed by atoms with E-state index < -0.39 is 10.0 Å². The Bertz CT molecular complexity index is 1190. The fourth-order valence-electron chi connectivity index (χ4n) is 3.37. The number of nitrogens with one attached hydrogen (secondary N) is 1. The number of sulfonamides is 1. The molecule has 1 aliphatic rings. The van der Waals surface area contributed by atoms with Gasteiger partial charge in [-0.3, -0.25) is 14.1 Å². The SMILES string of the molecule is CS(=O)(=O)Nc1cccc(-n2c(=O)c3c(c4cccnc42)OCCCC3)c1. The third kappa shape index (κ3) is 3.40. The molecular weight excluding hydrogens is 366 g/mol. The molecule has 2 aromatic heterocycles. The summed E-state index contributed by atoms with van der Waals surface area (Å²) < 4.78 is 32.9. The van der Waals surface area contributed by atoms with E-state index in [0.29, 0.717) is 41.4 Å². The van der Waals surface area contributed by atoms with Crippen LogP contribution in [-0.4, -0.2) is 30.8 Å². The first-order valence-electron chi connectivity index (χ1n) is 8.68. The molecule has 1 N–H and O–H groups in total. The Morgan fingerprint density at radius 3 is 2.85 bits per heavy atom. The summed E-state index contributed by atoms with van der Waals surface area (Å²) in [5, 5.41) is 0.774. The third-order valence-electron chi connectivity index (χ3n) is 4.45. The van der Waals surface area contributed by atoms with Crippen LogP contribution in [0.25, 0.3) is 16.7 Å². The molecule has 4 rings (SSSR count). The van der Waals surface area contributed by atoms with E-state index >= 15 is 0 Å². The van der Waals surface area contributed by atoms with Crippen molar-refractivity contribution < 1.29 is 13.2 Å². The molecule has 0 saturated carbocycles. The van der Waals surface area contributed by atoms with Gasteiger partial charge in [-0.15, -0.1) is 0 Å². The van der Waals surface area contributed by atoms with E-state index in [1.54, 1.807) is 30.5 Å². The second-order valence-corrected chi connectivity index (χ2v) is 8.30. The van der Waals surface area contributed by atoms with Crippen LogP contribution in [0.3, 0.4) is 0 Å². The number of hydrogen-bond acceptors (Lipinski definition) is 5. The molecule has 0 fully saturated rings. The van der Waals surface area contributed by atoms with Gasteiger partial charge in [0.05, 0.1) is 35.2 Å². The van der Waals surface area contributed by atoms with Crippen molar-refractivity contribution in [1.29, 1.82) is 0 Å². The topological polar surface area (TPSA) is 90.3 Å². The molecule has 0 radical (unpaired) electrons. The Morgan fingerprint density at radius 2 is 2.04 bits per heavy atom. The van der Waals surface area contributed by atoms with Crippen molar-refractivity contribution in [3.8, 4) is 11.4 Å². The normalized spacial score (nSPS) is 14.3. The molecule has 27 heavy (non-hydrogen) atoms. The maximum absolute atomic E-state index is 13.3. The number of ether oxygens (including phenoxy) is 1. The van der Waals surface area contributed by atoms with Crippen LogP contribution in [-0.2, 0) is 16.4 Å². The van der Waals surface area contributed by atoms with Crippen LogP contribution in [0.5, 0.6) is 5.75 Å². The zero-order chi connectivity index (χ0) is 19.0. The smallest absolute Gasteiger partial charge is 0.263 e. The Morgan fingerprint density at radius 1 is 1.19 bits per heavy atom. The maximum atomic E-state index is 13.3. The average molecular weight is 385 g/mol. The molecule has 140 valence electrons. The second-order valence-electron chi connectivity index (χ2n) is 6.55. The van der Waals surface area contributed by atoms with Gasteiger partial charge < -0.3 is 4.74 Å². The number of fused-ring (bicyclic) bond motifs is 3. The standard InChI is InChI=1S/C19H19N3O4S/c1-27(24,25)21-13-6-4-7-14(12-13)22-18-15(9-5-10-20-18)17-16(19(22)23)8-2-3-11-26-17/h4-7,9-10,12,21H,2-3,8,11H2,1H3. The Kier molecular flexibility index (Phi) is 4.35. The Hall–Kier alpha value is -2.87. The minimum Gasteiger partial charge on any atom is -0.492 e. The van der Waals surface area contributed by atoms with E-state index in [1.807, 2.05) is 12.1 Å². The molecule has 0 amide bonds. The first kappa shape index (κ1) is 17.5. The first-order valence-corrected chi connectivity index (χ1v) is 10.6. The van der Waals surface area contributed by atoms with Crippen LogP contribution in [0, 0.1) is 0 Å². The number of pyridine rings is 2. The average Bonchev–Trinajstić information content (AvgIpc) is 2.87. The van der Waals surface area contributed by atoms with Gasteiger partial charge in [-0.05, 0) is 49.6 Å². The fourth-order valence-corrected chi connectivity index (χ4v) is 3.92. The molecular formula is C19H19N3O4S. The monoisotopic (exact) mass is 385 g/mol. The molecule has 3 aromatic rings. The number of anilines is 1. The number of rotatable bonds is 3. The molecule has 7 nitrogen and oxygen atoms in total. The van der Waals surface area contributed by atoms with Crippen LogP contribution >= 0.6 is 0 Å². The molecule has 3 heterocycles. The van der Waals surface area contributed by atoms with E-state index in [0.717, 1.165) is 24.5 Å². The highest BCUT2D eigenvalue weighted by atomic mass is 32.2. The van der Waals surface area contributed by atoms with Gasteiger partial charge in [-0.25, -0.2) is 13.4 Å². The van der Waals surface area contributed by atoms with Gasteiger partial charge in [0.15, 0.2) is 5.65 Å². The highest BCUT2D eigenvalue weighted by Crippen LogP contribution is 2.31. The lowest BCUT2D eigenvalue weighted by molar-refractivity contribution is 0.320. The maximum Gasteiger partial charge on any atom is 0.263 e. The predicted molar refractivity (Wildman–Crippen MR) is 104 cm³/mol. The molecule has 8 heteroatoms. The van der Waals surface area contributed by atoms with Gasteiger partial charge in [0.1, 0.15) is 5.75 Å². The van der Waals surface area contributed by atoms with Crippen molar-refractivity contribution in [2.45, 2.75) is 19.3 Å². The van der Waals surface area contributed by atoms with Gasteiger partial charge in [0, 0.05) is 6.20 Å². The van der Waals surface area contributed by atoms with Gasteiger partial charge in [0.25, 0.3) is 5.56 Å². The predicted octanol–water partition coefficient (Wildman–Crippen LogP) is 2.47. The van der Waals surface area contributed by atoms with Gasteiger partial charge in [-0.2, -0.15) is 0 Å². The Labute approximate surface area is 156 Å². The number of aromatic nitrogens is 2. The van der Waals surface area contributed by atoms with E-state index in [2.05, 4.69) is 9.71 Å². The van der Waals surface area contributed by atoms with E-state index in [-0.39, 0.29) is 5.56 Å². The van der Waals surface area contributed by atoms with Crippen LogP contribution in [0.15, 0.2) is 47.4 Å². The zero-order valence-corrected chi connectivity index (χ0v) is 15.6. The lowest BCUT2D eigenvalue weighted by Crippen LogP contribution is -2.24. The second kappa shape index (κ2) is 6.70. The summed E-state index contributed by atoms with van der Waals surface area (Å²) in [6.07, 6.45) is 5.12. The minimum atomic E-state index is -3.42. The van der Waals surface area contributed by atoms with Gasteiger partial charge in [0.2, 0.25) is 10.0 Å². The van der Waals surface area contributed by atoms with E-state index in [4.69, 9.17) is 4.74 Å². The first-order chi connectivity index (χ1) is 12.9. The summed E-state index contributed by atoms with van der Waals surface area (Å²) >= 11 is 0. The van der Waals surface area contributed by atoms with Crippen molar-refractivity contribution in [2.75, 3.05) is 17.6 Å². The lowest BCUT2D eigenvalue weighted by atomic mass is 10.1. The molecule has 1 aromatic carbocycles. The molecule has 0 saturated heterocycles. The van der Waals surface area contributed by atoms with Crippen molar-refractivity contribution in [2.24, 2.45) is 0 Å². The summed E-state index contributed by atoms with van der Waals surface area (Å²) in [6, 6.07) is 10.4. The summed E-state index contributed by atoms with van der Waals surface area (Å²) in [5.41, 5.74) is 1.87. The molecule has 0 spiro atoms. The molecule has 0 aliphatic carbocycles. The number of hydrogen-bond donors (Lipinski definition) is 1. The van der Waals surface area contributed by atoms with E-state index in [9.17, 15) is 13.2 Å². The van der Waals surface area contributed by atoms with Crippen LogP contribution in [0.2, 0.25) is 0 Å². The van der Waals surface area contributed by atoms with Gasteiger partial charge >= 0.3 is 0 Å². The number of nitrogens with zero attached hydrogens (tertiary/aromatic N) is 2. The van der Waals surface area contributed by atoms with Crippen molar-refractivity contribution in [3.63, 3.8) is 0 Å². The molecule has 0 bridgehead atoms. The van der Waals surface area contributed by atoms with Crippen molar-refractivity contribution >= 4 is 26.7 Å². The molecule has 0 atom stereocenters. The quantitative estimate of drug-likeness (QED) is 0.748. The van der Waals surface area contributed by atoms with Crippen molar-refractivity contribution in [3.05, 3.63) is 58.5 Å². The summed E-state index contributed by atoms with van der Waals surface area (Å²) in [6.45, 7) is 0.578. The summed E-state index contributed by atoms with van der Waals surface area (Å²) in [5.74, 6) is 0.613. The summed E-state index contributed by atoms with van der Waals surface area (Å²) in [7, 11) is -3.42. The van der Waals surface area contributed by atoms with Crippen LogP contribution < -0.4 is 15.0 Å². The largest absolute Gasteiger partial charge is 0.492 e. The zero-order valence-electron chi connectivity index (χ0n) is 14.8. The van der Waals surface area contributed by atoms with Crippen molar-refractivity contribution in [1.82, 2.24) is 9.55 Å². The Balaban J connectivity index is 1.99. The fraction of sp³-hybridized carbons (Fsp3) is 0.263. The molecule has 1 aliphatic heterocycles. The van der Waals surface area contributed by atoms with E-state index in [1.165, 1.54) is 4.57 Å². The van der Waals surface area contributed by atoms with Crippen LogP contribution in [0.4, 0.5) is 5.69 Å². The highest BCUT2D eigenvalue weighted by molar-refractivity contribution is 7.92. The number of benzene rings is 1. The van der Waals surface area contributed by atoms with Crippen LogP contribution in [0.1, 0.15) is 18.4 Å². The lowest BCUT2D eigenvalue weighted by Gasteiger charge is -2.16.